The van der Waals surface area contributed by atoms with Crippen LogP contribution in [0.15, 0.2) is 42.5 Å². The summed E-state index contributed by atoms with van der Waals surface area (Å²) in [5.74, 6) is -1.16. The Balaban J connectivity index is 1.74. The Morgan fingerprint density at radius 1 is 1.03 bits per heavy atom. The molecular formula is C20H19Cl2N3O5S. The van der Waals surface area contributed by atoms with E-state index in [0.29, 0.717) is 22.9 Å². The molecule has 0 aliphatic rings. The first-order chi connectivity index (χ1) is 14.8. The van der Waals surface area contributed by atoms with Crippen LogP contribution in [0.3, 0.4) is 0 Å². The maximum Gasteiger partial charge on any atom is 0.338 e. The fourth-order valence-corrected chi connectivity index (χ4v) is 2.79. The predicted molar refractivity (Wildman–Crippen MR) is 120 cm³/mol. The average Bonchev–Trinajstić information content (AvgIpc) is 2.74. The highest BCUT2D eigenvalue weighted by Gasteiger charge is 2.13. The van der Waals surface area contributed by atoms with E-state index >= 15 is 0 Å². The summed E-state index contributed by atoms with van der Waals surface area (Å²) in [6, 6.07) is 10.6. The van der Waals surface area contributed by atoms with Crippen LogP contribution in [0.2, 0.25) is 10.0 Å². The lowest BCUT2D eigenvalue weighted by Crippen LogP contribution is -2.49. The normalized spacial score (nSPS) is 10.0. The number of amides is 2. The van der Waals surface area contributed by atoms with Crippen molar-refractivity contribution in [3.63, 3.8) is 0 Å². The van der Waals surface area contributed by atoms with E-state index in [0.717, 1.165) is 6.42 Å². The van der Waals surface area contributed by atoms with Crippen LogP contribution < -0.4 is 20.9 Å². The number of benzene rings is 2. The number of nitrogens with one attached hydrogen (secondary N) is 3. The molecule has 0 unspecified atom stereocenters. The number of esters is 1. The van der Waals surface area contributed by atoms with E-state index in [2.05, 4.69) is 16.2 Å². The molecule has 0 spiro atoms. The lowest BCUT2D eigenvalue weighted by molar-refractivity contribution is -0.123. The van der Waals surface area contributed by atoms with Crippen molar-refractivity contribution in [3.8, 4) is 5.75 Å². The number of hydrogen-bond acceptors (Lipinski definition) is 6. The number of halogens is 2. The minimum Gasteiger partial charge on any atom is -0.484 e. The van der Waals surface area contributed by atoms with Crippen LogP contribution in [-0.2, 0) is 9.53 Å². The number of carbonyl (C=O) groups is 3. The van der Waals surface area contributed by atoms with E-state index in [1.165, 1.54) is 30.3 Å². The van der Waals surface area contributed by atoms with E-state index in [1.54, 1.807) is 12.1 Å². The number of ether oxygens (including phenoxy) is 2. The smallest absolute Gasteiger partial charge is 0.338 e. The fourth-order valence-electron chi connectivity index (χ4n) is 2.15. The lowest BCUT2D eigenvalue weighted by Gasteiger charge is -2.12. The molecule has 2 amide bonds. The monoisotopic (exact) mass is 483 g/mol. The largest absolute Gasteiger partial charge is 0.484 e. The van der Waals surface area contributed by atoms with Crippen LogP contribution in [0.1, 0.15) is 34.1 Å². The summed E-state index contributed by atoms with van der Waals surface area (Å²) in [5, 5.41) is 2.78. The molecule has 0 fully saturated rings. The first-order valence-electron chi connectivity index (χ1n) is 9.05. The van der Waals surface area contributed by atoms with Crippen molar-refractivity contribution in [2.75, 3.05) is 13.2 Å². The number of thiocarbonyl (C=S) groups is 1. The molecule has 3 N–H and O–H groups in total. The van der Waals surface area contributed by atoms with Crippen LogP contribution in [0.5, 0.6) is 5.75 Å². The second-order valence-electron chi connectivity index (χ2n) is 6.03. The van der Waals surface area contributed by atoms with E-state index in [9.17, 15) is 14.4 Å². The van der Waals surface area contributed by atoms with Gasteiger partial charge in [0.25, 0.3) is 11.8 Å². The van der Waals surface area contributed by atoms with Crippen LogP contribution >= 0.6 is 35.4 Å². The van der Waals surface area contributed by atoms with Gasteiger partial charge >= 0.3 is 5.97 Å². The van der Waals surface area contributed by atoms with Crippen LogP contribution in [0, 0.1) is 0 Å². The summed E-state index contributed by atoms with van der Waals surface area (Å²) in [7, 11) is 0. The molecule has 0 aromatic heterocycles. The van der Waals surface area contributed by atoms with Gasteiger partial charge in [-0.15, -0.1) is 0 Å². The third-order valence-electron chi connectivity index (χ3n) is 3.62. The fraction of sp³-hybridized carbons (Fsp3) is 0.200. The topological polar surface area (TPSA) is 106 Å². The summed E-state index contributed by atoms with van der Waals surface area (Å²) in [6.45, 7) is 1.92. The van der Waals surface area contributed by atoms with Gasteiger partial charge in [0.05, 0.1) is 22.8 Å². The number of hydrogen-bond donors (Lipinski definition) is 3. The zero-order valence-corrected chi connectivity index (χ0v) is 18.7. The molecule has 0 heterocycles. The Morgan fingerprint density at radius 2 is 1.74 bits per heavy atom. The average molecular weight is 484 g/mol. The molecule has 0 bridgehead atoms. The molecule has 8 nitrogen and oxygen atoms in total. The maximum atomic E-state index is 12.1. The lowest BCUT2D eigenvalue weighted by atomic mass is 10.2. The Hall–Kier alpha value is -2.88. The molecule has 0 saturated carbocycles. The zero-order valence-electron chi connectivity index (χ0n) is 16.4. The molecule has 2 aromatic carbocycles. The summed E-state index contributed by atoms with van der Waals surface area (Å²) in [5.41, 5.74) is 5.23. The van der Waals surface area contributed by atoms with E-state index in [4.69, 9.17) is 44.9 Å². The van der Waals surface area contributed by atoms with E-state index in [-0.39, 0.29) is 22.3 Å². The first-order valence-corrected chi connectivity index (χ1v) is 10.2. The first kappa shape index (κ1) is 24.4. The molecule has 2 rings (SSSR count). The number of rotatable bonds is 7. The molecule has 0 aliphatic carbocycles. The molecule has 0 radical (unpaired) electrons. The Bertz CT molecular complexity index is 970. The summed E-state index contributed by atoms with van der Waals surface area (Å²) in [4.78, 5) is 35.8. The van der Waals surface area contributed by atoms with Crippen LogP contribution in [0.25, 0.3) is 0 Å². The van der Waals surface area contributed by atoms with E-state index in [1.807, 2.05) is 6.92 Å². The molecule has 31 heavy (non-hydrogen) atoms. The van der Waals surface area contributed by atoms with Crippen molar-refractivity contribution >= 4 is 58.3 Å². The van der Waals surface area contributed by atoms with Gasteiger partial charge in [0.15, 0.2) is 11.7 Å². The van der Waals surface area contributed by atoms with Gasteiger partial charge in [-0.1, -0.05) is 30.1 Å². The minimum atomic E-state index is -0.567. The highest BCUT2D eigenvalue weighted by molar-refractivity contribution is 7.80. The van der Waals surface area contributed by atoms with Gasteiger partial charge in [-0.2, -0.15) is 0 Å². The summed E-state index contributed by atoms with van der Waals surface area (Å²) >= 11 is 16.7. The quantitative estimate of drug-likeness (QED) is 0.315. The van der Waals surface area contributed by atoms with Crippen LogP contribution in [-0.4, -0.2) is 36.1 Å². The van der Waals surface area contributed by atoms with Gasteiger partial charge < -0.3 is 9.47 Å². The number of carbonyl (C=O) groups excluding carboxylic acids is 3. The van der Waals surface area contributed by atoms with Crippen molar-refractivity contribution < 1.29 is 23.9 Å². The van der Waals surface area contributed by atoms with Gasteiger partial charge in [0.1, 0.15) is 5.75 Å². The zero-order chi connectivity index (χ0) is 22.8. The number of hydrazine groups is 1. The standard InChI is InChI=1S/C20H19Cl2N3O5S/c1-2-9-29-19(28)12-3-6-14(7-4-12)30-11-17(26)24-25-20(31)23-18(27)15-8-5-13(21)10-16(15)22/h3-8,10H,2,9,11H2,1H3,(H,24,26)(H2,23,25,27,31). The van der Waals surface area contributed by atoms with Gasteiger partial charge in [-0.3, -0.25) is 25.8 Å². The third-order valence-corrected chi connectivity index (χ3v) is 4.37. The second-order valence-corrected chi connectivity index (χ2v) is 7.28. The molecular weight excluding hydrogens is 465 g/mol. The minimum absolute atomic E-state index is 0.140. The van der Waals surface area contributed by atoms with Crippen molar-refractivity contribution in [2.45, 2.75) is 13.3 Å². The van der Waals surface area contributed by atoms with E-state index < -0.39 is 17.8 Å². The Morgan fingerprint density at radius 3 is 2.39 bits per heavy atom. The molecule has 0 aliphatic heterocycles. The Kier molecular flexibility index (Phi) is 9.51. The predicted octanol–water partition coefficient (Wildman–Crippen LogP) is 3.27. The molecule has 164 valence electrons. The van der Waals surface area contributed by atoms with Gasteiger partial charge in [-0.05, 0) is 61.1 Å². The third kappa shape index (κ3) is 8.05. The van der Waals surface area contributed by atoms with Crippen molar-refractivity contribution in [1.29, 1.82) is 0 Å². The summed E-state index contributed by atoms with van der Waals surface area (Å²) in [6.07, 6.45) is 0.734. The van der Waals surface area contributed by atoms with Gasteiger partial charge in [-0.25, -0.2) is 4.79 Å². The molecule has 0 atom stereocenters. The maximum absolute atomic E-state index is 12.1. The van der Waals surface area contributed by atoms with Gasteiger partial charge in [0, 0.05) is 5.02 Å². The highest BCUT2D eigenvalue weighted by atomic mass is 35.5. The van der Waals surface area contributed by atoms with Gasteiger partial charge in [0.2, 0.25) is 0 Å². The molecule has 2 aromatic rings. The SMILES string of the molecule is CCCOC(=O)c1ccc(OCC(=O)NNC(=S)NC(=O)c2ccc(Cl)cc2Cl)cc1. The molecule has 11 heteroatoms. The highest BCUT2D eigenvalue weighted by Crippen LogP contribution is 2.20. The molecule has 0 saturated heterocycles. The van der Waals surface area contributed by atoms with Crippen molar-refractivity contribution in [1.82, 2.24) is 16.2 Å². The van der Waals surface area contributed by atoms with Crippen molar-refractivity contribution in [3.05, 3.63) is 63.6 Å². The summed E-state index contributed by atoms with van der Waals surface area (Å²) < 4.78 is 10.4. The Labute approximate surface area is 194 Å². The van der Waals surface area contributed by atoms with Crippen LogP contribution in [0.4, 0.5) is 0 Å². The van der Waals surface area contributed by atoms with Crippen molar-refractivity contribution in [2.24, 2.45) is 0 Å². The second kappa shape index (κ2) is 12.1.